The van der Waals surface area contributed by atoms with Gasteiger partial charge in [0.05, 0.1) is 11.1 Å². The topological polar surface area (TPSA) is 101 Å². The van der Waals surface area contributed by atoms with Gasteiger partial charge in [0.15, 0.2) is 0 Å². The Bertz CT molecular complexity index is 390. The second-order valence-electron chi connectivity index (χ2n) is 3.06. The fourth-order valence-corrected chi connectivity index (χ4v) is 1.46. The maximum absolute atomic E-state index is 10.9. The quantitative estimate of drug-likeness (QED) is 0.650. The molecule has 0 amide bonds. The molecule has 0 saturated carbocycles. The highest BCUT2D eigenvalue weighted by Gasteiger charge is 2.17. The molecule has 0 saturated heterocycles. The van der Waals surface area contributed by atoms with E-state index in [-0.39, 0.29) is 16.8 Å². The molecule has 0 spiro atoms. The summed E-state index contributed by atoms with van der Waals surface area (Å²) < 4.78 is 0. The molecule has 0 radical (unpaired) electrons. The Kier molecular flexibility index (Phi) is 2.94. The minimum Gasteiger partial charge on any atom is -0.478 e. The highest BCUT2D eigenvalue weighted by molar-refractivity contribution is 5.98. The van der Waals surface area contributed by atoms with Crippen molar-refractivity contribution in [2.45, 2.75) is 13.3 Å². The lowest BCUT2D eigenvalue weighted by atomic mass is 9.98. The largest absolute Gasteiger partial charge is 0.478 e. The summed E-state index contributed by atoms with van der Waals surface area (Å²) >= 11 is 0. The minimum absolute atomic E-state index is 0.0464. The number of aromatic carboxylic acids is 2. The monoisotopic (exact) mass is 209 g/mol. The third kappa shape index (κ3) is 2.07. The van der Waals surface area contributed by atoms with E-state index in [0.29, 0.717) is 12.0 Å². The lowest BCUT2D eigenvalue weighted by Gasteiger charge is -2.08. The highest BCUT2D eigenvalue weighted by atomic mass is 16.4. The number of rotatable bonds is 3. The molecule has 4 N–H and O–H groups in total. The van der Waals surface area contributed by atoms with Crippen LogP contribution in [0.4, 0.5) is 5.69 Å². The number of carboxylic acid groups (broad SMARTS) is 2. The van der Waals surface area contributed by atoms with Crippen LogP contribution in [-0.4, -0.2) is 22.2 Å². The number of hydrogen-bond acceptors (Lipinski definition) is 3. The molecule has 0 atom stereocenters. The summed E-state index contributed by atoms with van der Waals surface area (Å²) in [5.41, 5.74) is 5.78. The van der Waals surface area contributed by atoms with Crippen LogP contribution in [0.2, 0.25) is 0 Å². The van der Waals surface area contributed by atoms with Gasteiger partial charge in [-0.05, 0) is 24.1 Å². The first-order chi connectivity index (χ1) is 6.97. The van der Waals surface area contributed by atoms with Gasteiger partial charge < -0.3 is 15.9 Å². The molecule has 1 rings (SSSR count). The number of carboxylic acids is 2. The Hall–Kier alpha value is -2.04. The zero-order valence-electron chi connectivity index (χ0n) is 8.15. The highest BCUT2D eigenvalue weighted by Crippen LogP contribution is 2.20. The van der Waals surface area contributed by atoms with Gasteiger partial charge in [0.2, 0.25) is 0 Å². The van der Waals surface area contributed by atoms with Crippen LogP contribution < -0.4 is 5.73 Å². The van der Waals surface area contributed by atoms with E-state index in [2.05, 4.69) is 0 Å². The first-order valence-electron chi connectivity index (χ1n) is 4.36. The molecular formula is C10H11NO4. The molecule has 1 aromatic carbocycles. The van der Waals surface area contributed by atoms with Gasteiger partial charge in [0.1, 0.15) is 0 Å². The molecule has 0 heterocycles. The predicted molar refractivity (Wildman–Crippen MR) is 54.2 cm³/mol. The first-order valence-corrected chi connectivity index (χ1v) is 4.36. The zero-order chi connectivity index (χ0) is 11.6. The van der Waals surface area contributed by atoms with Gasteiger partial charge in [-0.2, -0.15) is 0 Å². The smallest absolute Gasteiger partial charge is 0.336 e. The normalized spacial score (nSPS) is 9.93. The summed E-state index contributed by atoms with van der Waals surface area (Å²) in [6.45, 7) is 1.70. The standard InChI is InChI=1S/C10H11NO4/c1-2-6-7(9(12)13)3-5(11)4-8(6)10(14)15/h3-4H,2,11H2,1H3,(H,12,13)(H,14,15). The Morgan fingerprint density at radius 1 is 1.20 bits per heavy atom. The van der Waals surface area contributed by atoms with Crippen LogP contribution >= 0.6 is 0 Å². The summed E-state index contributed by atoms with van der Waals surface area (Å²) in [5.74, 6) is -2.33. The fraction of sp³-hybridized carbons (Fsp3) is 0.200. The van der Waals surface area contributed by atoms with Crippen molar-refractivity contribution in [3.05, 3.63) is 28.8 Å². The molecular weight excluding hydrogens is 198 g/mol. The van der Waals surface area contributed by atoms with Crippen LogP contribution in [0.5, 0.6) is 0 Å². The Balaban J connectivity index is 3.52. The van der Waals surface area contributed by atoms with Crippen molar-refractivity contribution >= 4 is 17.6 Å². The number of nitrogen functional groups attached to an aromatic ring is 1. The predicted octanol–water partition coefficient (Wildman–Crippen LogP) is 1.23. The molecule has 0 aliphatic carbocycles. The second-order valence-corrected chi connectivity index (χ2v) is 3.06. The van der Waals surface area contributed by atoms with E-state index < -0.39 is 11.9 Å². The Morgan fingerprint density at radius 3 is 1.87 bits per heavy atom. The van der Waals surface area contributed by atoms with E-state index in [1.165, 1.54) is 12.1 Å². The summed E-state index contributed by atoms with van der Waals surface area (Å²) in [5, 5.41) is 17.8. The van der Waals surface area contributed by atoms with Gasteiger partial charge in [-0.3, -0.25) is 0 Å². The summed E-state index contributed by atoms with van der Waals surface area (Å²) in [7, 11) is 0. The van der Waals surface area contributed by atoms with Crippen molar-refractivity contribution in [3.63, 3.8) is 0 Å². The van der Waals surface area contributed by atoms with Crippen LogP contribution in [0.15, 0.2) is 12.1 Å². The zero-order valence-corrected chi connectivity index (χ0v) is 8.15. The van der Waals surface area contributed by atoms with Crippen LogP contribution in [0.25, 0.3) is 0 Å². The second kappa shape index (κ2) is 4.00. The van der Waals surface area contributed by atoms with Gasteiger partial charge in [-0.1, -0.05) is 6.92 Å². The van der Waals surface area contributed by atoms with Gasteiger partial charge in [-0.25, -0.2) is 9.59 Å². The maximum Gasteiger partial charge on any atom is 0.336 e. The fourth-order valence-electron chi connectivity index (χ4n) is 1.46. The van der Waals surface area contributed by atoms with Gasteiger partial charge in [0, 0.05) is 5.69 Å². The third-order valence-electron chi connectivity index (χ3n) is 2.09. The molecule has 80 valence electrons. The van der Waals surface area contributed by atoms with Gasteiger partial charge >= 0.3 is 11.9 Å². The van der Waals surface area contributed by atoms with Crippen molar-refractivity contribution in [1.82, 2.24) is 0 Å². The van der Waals surface area contributed by atoms with Crippen molar-refractivity contribution in [2.75, 3.05) is 5.73 Å². The molecule has 0 aliphatic heterocycles. The number of nitrogens with two attached hydrogens (primary N) is 1. The summed E-state index contributed by atoms with van der Waals surface area (Å²) in [4.78, 5) is 21.7. The van der Waals surface area contributed by atoms with Crippen molar-refractivity contribution in [3.8, 4) is 0 Å². The summed E-state index contributed by atoms with van der Waals surface area (Å²) in [6, 6.07) is 2.54. The molecule has 0 bridgehead atoms. The molecule has 0 fully saturated rings. The van der Waals surface area contributed by atoms with E-state index in [0.717, 1.165) is 0 Å². The SMILES string of the molecule is CCc1c(C(=O)O)cc(N)cc1C(=O)O. The van der Waals surface area contributed by atoms with E-state index in [1.807, 2.05) is 0 Å². The van der Waals surface area contributed by atoms with Crippen molar-refractivity contribution < 1.29 is 19.8 Å². The van der Waals surface area contributed by atoms with Crippen LogP contribution in [0, 0.1) is 0 Å². The molecule has 0 unspecified atom stereocenters. The lowest BCUT2D eigenvalue weighted by molar-refractivity contribution is 0.0695. The Labute approximate surface area is 86.1 Å². The lowest BCUT2D eigenvalue weighted by Crippen LogP contribution is -2.10. The van der Waals surface area contributed by atoms with Crippen LogP contribution in [0.1, 0.15) is 33.2 Å². The molecule has 0 aliphatic rings. The van der Waals surface area contributed by atoms with E-state index in [9.17, 15) is 9.59 Å². The minimum atomic E-state index is -1.17. The average Bonchev–Trinajstić information content (AvgIpc) is 2.16. The Morgan fingerprint density at radius 2 is 1.60 bits per heavy atom. The van der Waals surface area contributed by atoms with E-state index in [1.54, 1.807) is 6.92 Å². The maximum atomic E-state index is 10.9. The third-order valence-corrected chi connectivity index (χ3v) is 2.09. The average molecular weight is 209 g/mol. The van der Waals surface area contributed by atoms with Crippen LogP contribution in [-0.2, 0) is 6.42 Å². The first kappa shape index (κ1) is 11.0. The molecule has 5 heteroatoms. The van der Waals surface area contributed by atoms with Crippen molar-refractivity contribution in [1.29, 1.82) is 0 Å². The number of carbonyl (C=O) groups is 2. The molecule has 15 heavy (non-hydrogen) atoms. The van der Waals surface area contributed by atoms with Gasteiger partial charge in [-0.15, -0.1) is 0 Å². The molecule has 5 nitrogen and oxygen atoms in total. The van der Waals surface area contributed by atoms with Crippen molar-refractivity contribution in [2.24, 2.45) is 0 Å². The van der Waals surface area contributed by atoms with Crippen LogP contribution in [0.3, 0.4) is 0 Å². The molecule has 0 aromatic heterocycles. The molecule has 1 aromatic rings. The number of benzene rings is 1. The van der Waals surface area contributed by atoms with Gasteiger partial charge in [0.25, 0.3) is 0 Å². The number of anilines is 1. The number of hydrogen-bond donors (Lipinski definition) is 3. The van der Waals surface area contributed by atoms with E-state index >= 15 is 0 Å². The summed E-state index contributed by atoms with van der Waals surface area (Å²) in [6.07, 6.45) is 0.337. The van der Waals surface area contributed by atoms with E-state index in [4.69, 9.17) is 15.9 Å².